The van der Waals surface area contributed by atoms with Gasteiger partial charge >= 0.3 is 0 Å². The number of nitrogens with one attached hydrogen (secondary N) is 1. The number of hydrogen-bond donors (Lipinski definition) is 1. The summed E-state index contributed by atoms with van der Waals surface area (Å²) in [7, 11) is 1.68. The molecule has 0 aliphatic carbocycles. The van der Waals surface area contributed by atoms with Gasteiger partial charge in [-0.2, -0.15) is 0 Å². The third-order valence-electron chi connectivity index (χ3n) is 6.17. The van der Waals surface area contributed by atoms with Gasteiger partial charge in [-0.05, 0) is 31.0 Å². The second kappa shape index (κ2) is 11.5. The first-order chi connectivity index (χ1) is 17.0. The lowest BCUT2D eigenvalue weighted by Crippen LogP contribution is -2.28. The fraction of sp³-hybridized carbons (Fsp3) is 0.241. The number of carbonyl (C=O) groups excluding carboxylic acids is 1. The van der Waals surface area contributed by atoms with Crippen molar-refractivity contribution in [2.45, 2.75) is 39.0 Å². The Balaban J connectivity index is 1.51. The number of nitrogens with zero attached hydrogens (tertiary/aromatic N) is 2. The van der Waals surface area contributed by atoms with Crippen molar-refractivity contribution < 1.29 is 13.9 Å². The lowest BCUT2D eigenvalue weighted by Gasteiger charge is -2.29. The number of oxazole rings is 1. The Hall–Kier alpha value is -3.90. The van der Waals surface area contributed by atoms with Crippen LogP contribution in [-0.4, -0.2) is 22.9 Å². The Kier molecular flexibility index (Phi) is 7.95. The largest absolute Gasteiger partial charge is 0.496 e. The van der Waals surface area contributed by atoms with Gasteiger partial charge in [-0.1, -0.05) is 78.9 Å². The molecular formula is C29H31N3O3. The normalized spacial score (nSPS) is 12.8. The summed E-state index contributed by atoms with van der Waals surface area (Å²) in [5, 5.41) is 2.99. The Morgan fingerprint density at radius 1 is 0.914 bits per heavy atom. The smallest absolute Gasteiger partial charge is 0.273 e. The standard InChI is InChI=1S/C29H31N3O3/c1-21(23-12-6-4-7-13-23)30-29(33)26-20-35-28(31-26)19-32(22(2)24-14-8-5-9-15-24)18-25-16-10-11-17-27(25)34-3/h4-17,20-22H,18-19H2,1-3H3,(H,30,33)/t21-,22+/m1/s1. The molecule has 0 aliphatic rings. The van der Waals surface area contributed by atoms with E-state index in [1.165, 1.54) is 11.8 Å². The van der Waals surface area contributed by atoms with E-state index in [0.717, 1.165) is 16.9 Å². The highest BCUT2D eigenvalue weighted by Gasteiger charge is 2.22. The minimum Gasteiger partial charge on any atom is -0.496 e. The van der Waals surface area contributed by atoms with Gasteiger partial charge in [0.1, 0.15) is 12.0 Å². The number of ether oxygens (including phenoxy) is 1. The average molecular weight is 470 g/mol. The molecule has 0 radical (unpaired) electrons. The Morgan fingerprint density at radius 2 is 1.54 bits per heavy atom. The van der Waals surface area contributed by atoms with Gasteiger partial charge < -0.3 is 14.5 Å². The number of hydrogen-bond acceptors (Lipinski definition) is 5. The number of methoxy groups -OCH3 is 1. The molecule has 4 rings (SSSR count). The zero-order valence-corrected chi connectivity index (χ0v) is 20.3. The molecule has 3 aromatic carbocycles. The highest BCUT2D eigenvalue weighted by atomic mass is 16.5. The maximum atomic E-state index is 12.8. The highest BCUT2D eigenvalue weighted by molar-refractivity contribution is 5.92. The molecule has 1 heterocycles. The molecule has 0 aliphatic heterocycles. The molecular weight excluding hydrogens is 438 g/mol. The molecule has 1 aromatic heterocycles. The van der Waals surface area contributed by atoms with Crippen LogP contribution in [-0.2, 0) is 13.1 Å². The van der Waals surface area contributed by atoms with Gasteiger partial charge in [-0.3, -0.25) is 9.69 Å². The van der Waals surface area contributed by atoms with Crippen LogP contribution in [0.15, 0.2) is 95.6 Å². The van der Waals surface area contributed by atoms with Gasteiger partial charge in [-0.25, -0.2) is 4.98 Å². The van der Waals surface area contributed by atoms with E-state index in [1.807, 2.05) is 73.7 Å². The topological polar surface area (TPSA) is 67.6 Å². The molecule has 1 N–H and O–H groups in total. The Labute approximate surface area is 206 Å². The maximum absolute atomic E-state index is 12.8. The van der Waals surface area contributed by atoms with Crippen LogP contribution in [0.2, 0.25) is 0 Å². The molecule has 6 nitrogen and oxygen atoms in total. The molecule has 0 saturated carbocycles. The van der Waals surface area contributed by atoms with Crippen LogP contribution >= 0.6 is 0 Å². The number of aromatic nitrogens is 1. The van der Waals surface area contributed by atoms with Gasteiger partial charge in [-0.15, -0.1) is 0 Å². The monoisotopic (exact) mass is 469 g/mol. The Morgan fingerprint density at radius 3 is 2.23 bits per heavy atom. The molecule has 0 saturated heterocycles. The summed E-state index contributed by atoms with van der Waals surface area (Å²) in [6, 6.07) is 28.1. The summed E-state index contributed by atoms with van der Waals surface area (Å²) in [4.78, 5) is 19.6. The summed E-state index contributed by atoms with van der Waals surface area (Å²) in [6.07, 6.45) is 1.43. The van der Waals surface area contributed by atoms with Crippen molar-refractivity contribution in [2.24, 2.45) is 0 Å². The van der Waals surface area contributed by atoms with Crippen molar-refractivity contribution in [3.05, 3.63) is 119 Å². The molecule has 0 unspecified atom stereocenters. The van der Waals surface area contributed by atoms with E-state index in [0.29, 0.717) is 19.0 Å². The number of carbonyl (C=O) groups is 1. The first-order valence-corrected chi connectivity index (χ1v) is 11.8. The van der Waals surface area contributed by atoms with Crippen molar-refractivity contribution in [1.82, 2.24) is 15.2 Å². The molecule has 0 spiro atoms. The minimum absolute atomic E-state index is 0.0865. The molecule has 4 aromatic rings. The van der Waals surface area contributed by atoms with Gasteiger partial charge in [0.25, 0.3) is 5.91 Å². The fourth-order valence-corrected chi connectivity index (χ4v) is 4.08. The first-order valence-electron chi connectivity index (χ1n) is 11.8. The quantitative estimate of drug-likeness (QED) is 0.311. The maximum Gasteiger partial charge on any atom is 0.273 e. The number of rotatable bonds is 10. The van der Waals surface area contributed by atoms with Crippen LogP contribution in [0.5, 0.6) is 5.75 Å². The van der Waals surface area contributed by atoms with E-state index < -0.39 is 0 Å². The van der Waals surface area contributed by atoms with E-state index in [2.05, 4.69) is 40.3 Å². The van der Waals surface area contributed by atoms with Gasteiger partial charge in [0.15, 0.2) is 5.69 Å². The first kappa shape index (κ1) is 24.2. The second-order valence-electron chi connectivity index (χ2n) is 8.54. The molecule has 6 heteroatoms. The van der Waals surface area contributed by atoms with Crippen molar-refractivity contribution in [1.29, 1.82) is 0 Å². The number of amides is 1. The zero-order chi connectivity index (χ0) is 24.6. The van der Waals surface area contributed by atoms with Gasteiger partial charge in [0.2, 0.25) is 5.89 Å². The minimum atomic E-state index is -0.260. The van der Waals surface area contributed by atoms with Crippen LogP contribution in [0.1, 0.15) is 59.0 Å². The van der Waals surface area contributed by atoms with E-state index in [1.54, 1.807) is 7.11 Å². The summed E-state index contributed by atoms with van der Waals surface area (Å²) >= 11 is 0. The second-order valence-corrected chi connectivity index (χ2v) is 8.54. The van der Waals surface area contributed by atoms with E-state index in [4.69, 9.17) is 9.15 Å². The molecule has 0 bridgehead atoms. The molecule has 35 heavy (non-hydrogen) atoms. The zero-order valence-electron chi connectivity index (χ0n) is 20.3. The van der Waals surface area contributed by atoms with Crippen LogP contribution in [0.25, 0.3) is 0 Å². The highest BCUT2D eigenvalue weighted by Crippen LogP contribution is 2.27. The van der Waals surface area contributed by atoms with Crippen LogP contribution in [0, 0.1) is 0 Å². The van der Waals surface area contributed by atoms with Crippen molar-refractivity contribution in [3.63, 3.8) is 0 Å². The van der Waals surface area contributed by atoms with E-state index in [-0.39, 0.29) is 23.7 Å². The third-order valence-corrected chi connectivity index (χ3v) is 6.17. The lowest BCUT2D eigenvalue weighted by molar-refractivity contribution is 0.0934. The average Bonchev–Trinajstić information content (AvgIpc) is 3.38. The van der Waals surface area contributed by atoms with Gasteiger partial charge in [0.05, 0.1) is 19.7 Å². The Bertz CT molecular complexity index is 1220. The van der Waals surface area contributed by atoms with Gasteiger partial charge in [0, 0.05) is 18.2 Å². The SMILES string of the molecule is COc1ccccc1CN(Cc1nc(C(=O)N[C@H](C)c2ccccc2)co1)[C@@H](C)c1ccccc1. The van der Waals surface area contributed by atoms with Crippen LogP contribution in [0.4, 0.5) is 0 Å². The summed E-state index contributed by atoms with van der Waals surface area (Å²) in [5.74, 6) is 1.06. The van der Waals surface area contributed by atoms with Crippen molar-refractivity contribution in [2.75, 3.05) is 7.11 Å². The third kappa shape index (κ3) is 6.16. The molecule has 1 amide bonds. The molecule has 0 fully saturated rings. The molecule has 180 valence electrons. The summed E-state index contributed by atoms with van der Waals surface area (Å²) in [6.45, 7) is 5.18. The number of para-hydroxylation sites is 1. The van der Waals surface area contributed by atoms with Crippen LogP contribution in [0.3, 0.4) is 0 Å². The predicted molar refractivity (Wildman–Crippen MR) is 136 cm³/mol. The summed E-state index contributed by atoms with van der Waals surface area (Å²) in [5.41, 5.74) is 3.55. The van der Waals surface area contributed by atoms with E-state index >= 15 is 0 Å². The van der Waals surface area contributed by atoms with Crippen molar-refractivity contribution >= 4 is 5.91 Å². The summed E-state index contributed by atoms with van der Waals surface area (Å²) < 4.78 is 11.3. The van der Waals surface area contributed by atoms with Crippen molar-refractivity contribution in [3.8, 4) is 5.75 Å². The fourth-order valence-electron chi connectivity index (χ4n) is 4.08. The van der Waals surface area contributed by atoms with E-state index in [9.17, 15) is 4.79 Å². The predicted octanol–water partition coefficient (Wildman–Crippen LogP) is 5.94. The lowest BCUT2D eigenvalue weighted by atomic mass is 10.1. The number of benzene rings is 3. The molecule has 2 atom stereocenters. The van der Waals surface area contributed by atoms with Crippen LogP contribution < -0.4 is 10.1 Å².